The highest BCUT2D eigenvalue weighted by molar-refractivity contribution is 5.96. The lowest BCUT2D eigenvalue weighted by molar-refractivity contribution is -0.118. The van der Waals surface area contributed by atoms with E-state index in [0.29, 0.717) is 6.42 Å². The number of aromatic nitrogens is 1. The van der Waals surface area contributed by atoms with Crippen LogP contribution in [-0.2, 0) is 16.0 Å². The van der Waals surface area contributed by atoms with Crippen molar-refractivity contribution in [2.75, 3.05) is 10.6 Å². The average molecular weight is 299 g/mol. The number of fused-ring (bicyclic) bond motifs is 1. The Bertz CT molecular complexity index is 708. The Morgan fingerprint density at radius 2 is 2.27 bits per heavy atom. The van der Waals surface area contributed by atoms with Gasteiger partial charge in [-0.2, -0.15) is 0 Å². The molecule has 0 fully saturated rings. The molecular formula is C16H17N3O3. The lowest BCUT2D eigenvalue weighted by atomic mass is 9.88. The summed E-state index contributed by atoms with van der Waals surface area (Å²) < 4.78 is 5.36. The van der Waals surface area contributed by atoms with Crippen LogP contribution >= 0.6 is 0 Å². The summed E-state index contributed by atoms with van der Waals surface area (Å²) in [6.45, 7) is 1.95. The zero-order valence-electron chi connectivity index (χ0n) is 12.3. The molecule has 0 spiro atoms. The Morgan fingerprint density at radius 3 is 3.05 bits per heavy atom. The second-order valence-electron chi connectivity index (χ2n) is 5.27. The Hall–Kier alpha value is -2.63. The van der Waals surface area contributed by atoms with Crippen molar-refractivity contribution < 1.29 is 14.0 Å². The van der Waals surface area contributed by atoms with Crippen LogP contribution in [-0.4, -0.2) is 16.8 Å². The van der Waals surface area contributed by atoms with E-state index in [9.17, 15) is 9.59 Å². The van der Waals surface area contributed by atoms with E-state index in [1.807, 2.05) is 31.2 Å². The number of amides is 2. The topological polar surface area (TPSA) is 84.2 Å². The first-order valence-corrected chi connectivity index (χ1v) is 7.29. The van der Waals surface area contributed by atoms with Crippen LogP contribution < -0.4 is 10.6 Å². The third-order valence-corrected chi connectivity index (χ3v) is 3.69. The number of hydrogen-bond donors (Lipinski definition) is 2. The van der Waals surface area contributed by atoms with Crippen LogP contribution in [0.15, 0.2) is 34.9 Å². The number of anilines is 2. The fourth-order valence-electron chi connectivity index (χ4n) is 2.61. The average Bonchev–Trinajstić information content (AvgIpc) is 2.94. The van der Waals surface area contributed by atoms with Gasteiger partial charge in [-0.05, 0) is 11.6 Å². The zero-order chi connectivity index (χ0) is 15.5. The maximum Gasteiger partial charge on any atom is 0.301 e. The molecule has 1 aliphatic rings. The number of rotatable bonds is 4. The first kappa shape index (κ1) is 14.3. The summed E-state index contributed by atoms with van der Waals surface area (Å²) in [4.78, 5) is 27.9. The van der Waals surface area contributed by atoms with Crippen molar-refractivity contribution in [3.05, 3.63) is 41.8 Å². The van der Waals surface area contributed by atoms with Crippen molar-refractivity contribution in [3.63, 3.8) is 0 Å². The van der Waals surface area contributed by atoms with Crippen LogP contribution in [0.3, 0.4) is 0 Å². The smallest absolute Gasteiger partial charge is 0.301 e. The third kappa shape index (κ3) is 3.00. The van der Waals surface area contributed by atoms with Crippen LogP contribution in [0.25, 0.3) is 0 Å². The minimum Gasteiger partial charge on any atom is -0.429 e. The van der Waals surface area contributed by atoms with E-state index in [0.717, 1.165) is 23.4 Å². The number of aryl methyl sites for hydroxylation is 1. The van der Waals surface area contributed by atoms with Gasteiger partial charge in [0, 0.05) is 30.9 Å². The van der Waals surface area contributed by atoms with Crippen LogP contribution in [0.4, 0.5) is 11.7 Å². The first-order chi connectivity index (χ1) is 10.7. The third-order valence-electron chi connectivity index (χ3n) is 3.69. The maximum atomic E-state index is 12.2. The number of nitrogens with one attached hydrogen (secondary N) is 2. The number of oxazole rings is 1. The normalized spacial score (nSPS) is 16.8. The molecular weight excluding hydrogens is 282 g/mol. The first-order valence-electron chi connectivity index (χ1n) is 7.29. The van der Waals surface area contributed by atoms with E-state index in [-0.39, 0.29) is 30.2 Å². The van der Waals surface area contributed by atoms with Gasteiger partial charge in [0.25, 0.3) is 0 Å². The molecule has 0 radical (unpaired) electrons. The van der Waals surface area contributed by atoms with E-state index in [1.54, 1.807) is 6.20 Å². The fourth-order valence-corrected chi connectivity index (χ4v) is 2.61. The van der Waals surface area contributed by atoms with Crippen LogP contribution in [0.2, 0.25) is 0 Å². The number of para-hydroxylation sites is 1. The van der Waals surface area contributed by atoms with Gasteiger partial charge >= 0.3 is 6.01 Å². The van der Waals surface area contributed by atoms with Crippen molar-refractivity contribution in [2.24, 2.45) is 0 Å². The summed E-state index contributed by atoms with van der Waals surface area (Å²) >= 11 is 0. The minimum absolute atomic E-state index is 0.0686. The molecule has 1 atom stereocenters. The van der Waals surface area contributed by atoms with Gasteiger partial charge in [0.1, 0.15) is 5.76 Å². The lowest BCUT2D eigenvalue weighted by Gasteiger charge is -2.24. The quantitative estimate of drug-likeness (QED) is 0.909. The Balaban J connectivity index is 1.70. The summed E-state index contributed by atoms with van der Waals surface area (Å²) in [6, 6.07) is 7.76. The van der Waals surface area contributed by atoms with Crippen molar-refractivity contribution in [1.29, 1.82) is 0 Å². The van der Waals surface area contributed by atoms with Crippen molar-refractivity contribution in [1.82, 2.24) is 4.98 Å². The Morgan fingerprint density at radius 1 is 1.45 bits per heavy atom. The summed E-state index contributed by atoms with van der Waals surface area (Å²) in [5.74, 6) is 0.308. The highest BCUT2D eigenvalue weighted by Gasteiger charge is 2.27. The Labute approximate surface area is 127 Å². The molecule has 3 rings (SSSR count). The molecule has 1 aromatic heterocycles. The van der Waals surface area contributed by atoms with E-state index in [1.165, 1.54) is 0 Å². The van der Waals surface area contributed by atoms with Crippen LogP contribution in [0, 0.1) is 0 Å². The molecule has 6 nitrogen and oxygen atoms in total. The molecule has 6 heteroatoms. The molecule has 0 bridgehead atoms. The molecule has 0 saturated carbocycles. The van der Waals surface area contributed by atoms with Gasteiger partial charge in [-0.15, -0.1) is 0 Å². The van der Waals surface area contributed by atoms with Gasteiger partial charge in [-0.25, -0.2) is 4.98 Å². The zero-order valence-corrected chi connectivity index (χ0v) is 12.3. The molecule has 2 N–H and O–H groups in total. The molecule has 1 unspecified atom stereocenters. The molecule has 2 aromatic rings. The van der Waals surface area contributed by atoms with Gasteiger partial charge in [0.2, 0.25) is 11.8 Å². The number of carbonyl (C=O) groups excluding carboxylic acids is 2. The van der Waals surface area contributed by atoms with Crippen molar-refractivity contribution >= 4 is 23.5 Å². The predicted octanol–water partition coefficient (Wildman–Crippen LogP) is 2.69. The summed E-state index contributed by atoms with van der Waals surface area (Å²) in [5, 5.41) is 5.46. The molecule has 0 saturated heterocycles. The number of carbonyl (C=O) groups is 2. The Kier molecular flexibility index (Phi) is 3.91. The van der Waals surface area contributed by atoms with Crippen LogP contribution in [0.1, 0.15) is 37.0 Å². The standard InChI is InChI=1S/C16H17N3O3/c1-2-11-9-17-16(22-11)19-15(21)8-10-7-14(20)18-13-6-4-3-5-12(10)13/h3-6,9-10H,2,7-8H2,1H3,(H,18,20)(H,17,19,21). The summed E-state index contributed by atoms with van der Waals surface area (Å²) in [5.41, 5.74) is 1.76. The van der Waals surface area contributed by atoms with E-state index < -0.39 is 0 Å². The SMILES string of the molecule is CCc1cnc(NC(=O)CC2CC(=O)Nc3ccccc32)o1. The lowest BCUT2D eigenvalue weighted by Crippen LogP contribution is -2.26. The fraction of sp³-hybridized carbons (Fsp3) is 0.312. The second kappa shape index (κ2) is 6.01. The number of hydrogen-bond acceptors (Lipinski definition) is 4. The highest BCUT2D eigenvalue weighted by atomic mass is 16.4. The number of nitrogens with zero attached hydrogens (tertiary/aromatic N) is 1. The molecule has 1 aliphatic heterocycles. The second-order valence-corrected chi connectivity index (χ2v) is 5.27. The highest BCUT2D eigenvalue weighted by Crippen LogP contribution is 2.34. The monoisotopic (exact) mass is 299 g/mol. The predicted molar refractivity (Wildman–Crippen MR) is 81.6 cm³/mol. The van der Waals surface area contributed by atoms with E-state index >= 15 is 0 Å². The molecule has 2 heterocycles. The largest absolute Gasteiger partial charge is 0.429 e. The molecule has 2 amide bonds. The van der Waals surface area contributed by atoms with E-state index in [4.69, 9.17) is 4.42 Å². The van der Waals surface area contributed by atoms with Gasteiger partial charge in [-0.3, -0.25) is 14.9 Å². The van der Waals surface area contributed by atoms with Gasteiger partial charge < -0.3 is 9.73 Å². The van der Waals surface area contributed by atoms with Gasteiger partial charge in [0.05, 0.1) is 6.20 Å². The maximum absolute atomic E-state index is 12.2. The molecule has 1 aromatic carbocycles. The van der Waals surface area contributed by atoms with Crippen molar-refractivity contribution in [2.45, 2.75) is 32.1 Å². The van der Waals surface area contributed by atoms with Crippen molar-refractivity contribution in [3.8, 4) is 0 Å². The van der Waals surface area contributed by atoms with Crippen LogP contribution in [0.5, 0.6) is 0 Å². The molecule has 114 valence electrons. The van der Waals surface area contributed by atoms with Gasteiger partial charge in [-0.1, -0.05) is 25.1 Å². The van der Waals surface area contributed by atoms with E-state index in [2.05, 4.69) is 15.6 Å². The minimum atomic E-state index is -0.209. The summed E-state index contributed by atoms with van der Waals surface area (Å²) in [6.07, 6.45) is 2.84. The summed E-state index contributed by atoms with van der Waals surface area (Å²) in [7, 11) is 0. The molecule has 22 heavy (non-hydrogen) atoms. The van der Waals surface area contributed by atoms with Gasteiger partial charge in [0.15, 0.2) is 0 Å². The number of benzene rings is 1. The molecule has 0 aliphatic carbocycles.